The van der Waals surface area contributed by atoms with E-state index in [0.29, 0.717) is 16.8 Å². The summed E-state index contributed by atoms with van der Waals surface area (Å²) < 4.78 is 45.7. The number of benzene rings is 1. The third kappa shape index (κ3) is 4.33. The molecular weight excluding hydrogens is 359 g/mol. The molecule has 0 aliphatic rings. The van der Waals surface area contributed by atoms with Crippen molar-refractivity contribution in [2.45, 2.75) is 26.1 Å². The van der Waals surface area contributed by atoms with Crippen LogP contribution in [0, 0.1) is 0 Å². The van der Waals surface area contributed by atoms with Crippen LogP contribution >= 0.6 is 0 Å². The lowest BCUT2D eigenvalue weighted by Crippen LogP contribution is -2.20. The Morgan fingerprint density at radius 2 is 1.93 bits per heavy atom. The van der Waals surface area contributed by atoms with Gasteiger partial charge in [-0.25, -0.2) is 9.97 Å². The number of amides is 1. The van der Waals surface area contributed by atoms with Crippen molar-refractivity contribution < 1.29 is 22.7 Å². The number of carbonyl (C=O) groups excluding carboxylic acids is 1. The second-order valence-electron chi connectivity index (χ2n) is 6.08. The van der Waals surface area contributed by atoms with E-state index < -0.39 is 23.3 Å². The Hall–Kier alpha value is -3.16. The summed E-state index contributed by atoms with van der Waals surface area (Å²) in [6.07, 6.45) is -3.53. The smallest absolute Gasteiger partial charge is 0.434 e. The molecule has 1 amide bonds. The lowest BCUT2D eigenvalue weighted by atomic mass is 10.1. The molecule has 5 nitrogen and oxygen atoms in total. The SMILES string of the molecule is CC(C)Oc1cccc(NC(=O)c2cc3cccnc3nc2C(F)(F)F)c1. The van der Waals surface area contributed by atoms with Gasteiger partial charge < -0.3 is 10.1 Å². The number of hydrogen-bond acceptors (Lipinski definition) is 4. The average molecular weight is 375 g/mol. The van der Waals surface area contributed by atoms with Gasteiger partial charge in [0.15, 0.2) is 11.3 Å². The first-order valence-electron chi connectivity index (χ1n) is 8.15. The van der Waals surface area contributed by atoms with Crippen molar-refractivity contribution >= 4 is 22.6 Å². The molecule has 8 heteroatoms. The molecule has 1 N–H and O–H groups in total. The van der Waals surface area contributed by atoms with E-state index in [0.717, 1.165) is 6.07 Å². The number of carbonyl (C=O) groups is 1. The van der Waals surface area contributed by atoms with Gasteiger partial charge >= 0.3 is 6.18 Å². The highest BCUT2D eigenvalue weighted by atomic mass is 19.4. The molecule has 27 heavy (non-hydrogen) atoms. The van der Waals surface area contributed by atoms with Gasteiger partial charge in [-0.2, -0.15) is 13.2 Å². The van der Waals surface area contributed by atoms with Gasteiger partial charge in [0.25, 0.3) is 5.91 Å². The van der Waals surface area contributed by atoms with E-state index in [1.165, 1.54) is 6.20 Å². The topological polar surface area (TPSA) is 64.1 Å². The van der Waals surface area contributed by atoms with Crippen LogP contribution in [0.3, 0.4) is 0 Å². The minimum absolute atomic E-state index is 0.0753. The zero-order chi connectivity index (χ0) is 19.6. The number of hydrogen-bond donors (Lipinski definition) is 1. The number of anilines is 1. The number of alkyl halides is 3. The zero-order valence-corrected chi connectivity index (χ0v) is 14.5. The van der Waals surface area contributed by atoms with Gasteiger partial charge in [0, 0.05) is 23.3 Å². The Bertz CT molecular complexity index is 987. The van der Waals surface area contributed by atoms with E-state index in [2.05, 4.69) is 15.3 Å². The number of halogens is 3. The normalized spacial score (nSPS) is 11.6. The molecule has 0 fully saturated rings. The fraction of sp³-hybridized carbons (Fsp3) is 0.211. The molecule has 0 spiro atoms. The van der Waals surface area contributed by atoms with E-state index in [9.17, 15) is 18.0 Å². The average Bonchev–Trinajstić information content (AvgIpc) is 2.59. The summed E-state index contributed by atoms with van der Waals surface area (Å²) in [5.74, 6) is -0.415. The number of aromatic nitrogens is 2. The molecule has 0 atom stereocenters. The predicted octanol–water partition coefficient (Wildman–Crippen LogP) is 4.69. The van der Waals surface area contributed by atoms with Crippen molar-refractivity contribution in [2.24, 2.45) is 0 Å². The van der Waals surface area contributed by atoms with E-state index in [1.54, 1.807) is 36.4 Å². The first-order chi connectivity index (χ1) is 12.7. The summed E-state index contributed by atoms with van der Waals surface area (Å²) in [6, 6.07) is 10.7. The maximum atomic E-state index is 13.4. The fourth-order valence-corrected chi connectivity index (χ4v) is 2.51. The zero-order valence-electron chi connectivity index (χ0n) is 14.5. The van der Waals surface area contributed by atoms with Crippen LogP contribution in [0.1, 0.15) is 29.9 Å². The quantitative estimate of drug-likeness (QED) is 0.719. The third-order valence-corrected chi connectivity index (χ3v) is 3.57. The summed E-state index contributed by atoms with van der Waals surface area (Å²) >= 11 is 0. The predicted molar refractivity (Wildman–Crippen MR) is 94.7 cm³/mol. The number of ether oxygens (including phenoxy) is 1. The van der Waals surface area contributed by atoms with Crippen molar-refractivity contribution in [1.29, 1.82) is 0 Å². The Morgan fingerprint density at radius 1 is 1.15 bits per heavy atom. The molecule has 0 aliphatic heterocycles. The molecule has 3 rings (SSSR count). The molecule has 2 aromatic heterocycles. The molecule has 1 aromatic carbocycles. The van der Waals surface area contributed by atoms with Gasteiger partial charge in [-0.15, -0.1) is 0 Å². The van der Waals surface area contributed by atoms with Crippen LogP contribution in [0.5, 0.6) is 5.75 Å². The molecule has 0 saturated heterocycles. The van der Waals surface area contributed by atoms with Gasteiger partial charge in [-0.3, -0.25) is 4.79 Å². The van der Waals surface area contributed by atoms with E-state index in [1.807, 2.05) is 13.8 Å². The van der Waals surface area contributed by atoms with E-state index in [4.69, 9.17) is 4.74 Å². The second-order valence-corrected chi connectivity index (χ2v) is 6.08. The third-order valence-electron chi connectivity index (χ3n) is 3.57. The maximum absolute atomic E-state index is 13.4. The van der Waals surface area contributed by atoms with Gasteiger partial charge in [0.1, 0.15) is 5.75 Å². The summed E-state index contributed by atoms with van der Waals surface area (Å²) in [5.41, 5.74) is -1.61. The summed E-state index contributed by atoms with van der Waals surface area (Å²) in [5, 5.41) is 2.81. The number of nitrogens with zero attached hydrogens (tertiary/aromatic N) is 2. The molecule has 0 saturated carbocycles. The van der Waals surface area contributed by atoms with Gasteiger partial charge in [-0.1, -0.05) is 6.07 Å². The summed E-state index contributed by atoms with van der Waals surface area (Å²) in [7, 11) is 0. The van der Waals surface area contributed by atoms with Crippen molar-refractivity contribution in [2.75, 3.05) is 5.32 Å². The lowest BCUT2D eigenvalue weighted by Gasteiger charge is -2.14. The molecule has 0 aliphatic carbocycles. The van der Waals surface area contributed by atoms with E-state index in [-0.39, 0.29) is 11.8 Å². The Balaban J connectivity index is 1.98. The van der Waals surface area contributed by atoms with Crippen molar-refractivity contribution in [3.63, 3.8) is 0 Å². The Kier molecular flexibility index (Phi) is 4.98. The monoisotopic (exact) mass is 375 g/mol. The van der Waals surface area contributed by atoms with Crippen LogP contribution in [0.4, 0.5) is 18.9 Å². The second kappa shape index (κ2) is 7.22. The molecular formula is C19H16F3N3O2. The van der Waals surface area contributed by atoms with Gasteiger partial charge in [0.05, 0.1) is 11.7 Å². The fourth-order valence-electron chi connectivity index (χ4n) is 2.51. The largest absolute Gasteiger partial charge is 0.491 e. The summed E-state index contributed by atoms with van der Waals surface area (Å²) in [6.45, 7) is 3.69. The number of rotatable bonds is 4. The number of fused-ring (bicyclic) bond motifs is 1. The molecule has 140 valence electrons. The van der Waals surface area contributed by atoms with Crippen LogP contribution in [-0.4, -0.2) is 22.0 Å². The minimum atomic E-state index is -4.79. The van der Waals surface area contributed by atoms with Crippen molar-refractivity contribution in [3.05, 3.63) is 59.9 Å². The first kappa shape index (κ1) is 18.6. The minimum Gasteiger partial charge on any atom is -0.491 e. The van der Waals surface area contributed by atoms with Crippen LogP contribution in [0.2, 0.25) is 0 Å². The standard InChI is InChI=1S/C19H16F3N3O2/c1-11(2)27-14-7-3-6-13(10-14)24-18(26)15-9-12-5-4-8-23-17(12)25-16(15)19(20,21)22/h3-11H,1-2H3,(H,24,26). The Morgan fingerprint density at radius 3 is 2.63 bits per heavy atom. The van der Waals surface area contributed by atoms with E-state index >= 15 is 0 Å². The molecule has 0 radical (unpaired) electrons. The van der Waals surface area contributed by atoms with Crippen molar-refractivity contribution in [1.82, 2.24) is 9.97 Å². The number of nitrogens with one attached hydrogen (secondary N) is 1. The highest BCUT2D eigenvalue weighted by Crippen LogP contribution is 2.32. The molecule has 0 bridgehead atoms. The molecule has 2 heterocycles. The maximum Gasteiger partial charge on any atom is 0.434 e. The van der Waals surface area contributed by atoms with Gasteiger partial charge in [-0.05, 0) is 44.2 Å². The van der Waals surface area contributed by atoms with Gasteiger partial charge in [0.2, 0.25) is 0 Å². The van der Waals surface area contributed by atoms with Crippen molar-refractivity contribution in [3.8, 4) is 5.75 Å². The lowest BCUT2D eigenvalue weighted by molar-refractivity contribution is -0.141. The Labute approximate surface area is 153 Å². The molecule has 3 aromatic rings. The molecule has 0 unspecified atom stereocenters. The van der Waals surface area contributed by atoms with Crippen LogP contribution in [0.25, 0.3) is 11.0 Å². The summed E-state index contributed by atoms with van der Waals surface area (Å²) in [4.78, 5) is 19.9. The number of pyridine rings is 2. The van der Waals surface area contributed by atoms with Crippen LogP contribution in [-0.2, 0) is 6.18 Å². The van der Waals surface area contributed by atoms with Crippen LogP contribution in [0.15, 0.2) is 48.7 Å². The highest BCUT2D eigenvalue weighted by Gasteiger charge is 2.38. The highest BCUT2D eigenvalue weighted by molar-refractivity contribution is 6.06. The van der Waals surface area contributed by atoms with Crippen LogP contribution < -0.4 is 10.1 Å². The first-order valence-corrected chi connectivity index (χ1v) is 8.15.